The van der Waals surface area contributed by atoms with Crippen LogP contribution in [0, 0.1) is 0 Å². The number of aldehydes is 1. The molecule has 22 heavy (non-hydrogen) atoms. The first kappa shape index (κ1) is 18.0. The molecule has 0 saturated carbocycles. The first-order valence-corrected chi connectivity index (χ1v) is 7.76. The van der Waals surface area contributed by atoms with E-state index in [0.29, 0.717) is 18.4 Å². The number of nitrogens with one attached hydrogen (secondary N) is 2. The molecule has 0 aliphatic carbocycles. The summed E-state index contributed by atoms with van der Waals surface area (Å²) in [5.41, 5.74) is 1.36. The van der Waals surface area contributed by atoms with Crippen LogP contribution in [0.2, 0.25) is 5.02 Å². The van der Waals surface area contributed by atoms with Gasteiger partial charge < -0.3 is 15.7 Å². The van der Waals surface area contributed by atoms with Crippen LogP contribution in [-0.4, -0.2) is 30.9 Å². The van der Waals surface area contributed by atoms with Gasteiger partial charge in [-0.3, -0.25) is 9.59 Å². The zero-order valence-corrected chi connectivity index (χ0v) is 13.8. The van der Waals surface area contributed by atoms with Crippen LogP contribution in [0.25, 0.3) is 0 Å². The van der Waals surface area contributed by atoms with E-state index in [-0.39, 0.29) is 16.7 Å². The molecule has 5 nitrogen and oxygen atoms in total. The normalized spacial score (nSPS) is 9.41. The summed E-state index contributed by atoms with van der Waals surface area (Å²) in [6.07, 6.45) is 0.672. The highest BCUT2D eigenvalue weighted by Gasteiger charge is 2.10. The molecule has 7 heteroatoms. The largest absolute Gasteiger partial charge is 0.506 e. The number of amides is 1. The number of carbonyl (C=O) groups excluding carboxylic acids is 2. The third-order valence-electron chi connectivity index (χ3n) is 2.59. The fourth-order valence-electron chi connectivity index (χ4n) is 1.52. The van der Waals surface area contributed by atoms with E-state index in [2.05, 4.69) is 10.6 Å². The number of benzene rings is 1. The van der Waals surface area contributed by atoms with Crippen molar-refractivity contribution in [3.63, 3.8) is 0 Å². The molecule has 0 unspecified atom stereocenters. The molecule has 1 aromatic heterocycles. The van der Waals surface area contributed by atoms with Crippen molar-refractivity contribution in [1.82, 2.24) is 5.32 Å². The number of halogens is 1. The van der Waals surface area contributed by atoms with Gasteiger partial charge in [0.15, 0.2) is 0 Å². The van der Waals surface area contributed by atoms with E-state index in [1.807, 2.05) is 25.4 Å². The summed E-state index contributed by atoms with van der Waals surface area (Å²) in [7, 11) is 1.81. The van der Waals surface area contributed by atoms with Crippen molar-refractivity contribution < 1.29 is 14.7 Å². The van der Waals surface area contributed by atoms with E-state index in [4.69, 9.17) is 16.7 Å². The Hall–Kier alpha value is -2.05. The molecule has 0 saturated heterocycles. The number of hydrogen-bond donors (Lipinski definition) is 3. The molecule has 3 N–H and O–H groups in total. The Balaban J connectivity index is 0.000000224. The molecular formula is C15H17ClN2O3S. The number of thiophene rings is 1. The van der Waals surface area contributed by atoms with Gasteiger partial charge in [-0.25, -0.2) is 0 Å². The molecule has 1 aromatic carbocycles. The van der Waals surface area contributed by atoms with Gasteiger partial charge in [-0.05, 0) is 36.6 Å². The monoisotopic (exact) mass is 340 g/mol. The Bertz CT molecular complexity index is 643. The van der Waals surface area contributed by atoms with Crippen molar-refractivity contribution in [3.8, 4) is 5.75 Å². The number of aromatic hydroxyl groups is 1. The second-order valence-corrected chi connectivity index (χ2v) is 5.42. The topological polar surface area (TPSA) is 78.4 Å². The van der Waals surface area contributed by atoms with Crippen LogP contribution in [0.1, 0.15) is 27.0 Å². The maximum atomic E-state index is 11.3. The zero-order chi connectivity index (χ0) is 16.5. The summed E-state index contributed by atoms with van der Waals surface area (Å²) >= 11 is 6.93. The van der Waals surface area contributed by atoms with Gasteiger partial charge in [0.05, 0.1) is 10.7 Å². The van der Waals surface area contributed by atoms with Crippen molar-refractivity contribution in [3.05, 3.63) is 45.1 Å². The third-order valence-corrected chi connectivity index (χ3v) is 3.80. The van der Waals surface area contributed by atoms with Crippen LogP contribution < -0.4 is 10.6 Å². The molecular weight excluding hydrogens is 324 g/mol. The van der Waals surface area contributed by atoms with E-state index in [0.717, 1.165) is 10.6 Å². The van der Waals surface area contributed by atoms with Crippen LogP contribution in [0.4, 0.5) is 5.69 Å². The average molecular weight is 341 g/mol. The predicted octanol–water partition coefficient (Wildman–Crippen LogP) is 3.40. The van der Waals surface area contributed by atoms with Gasteiger partial charge >= 0.3 is 0 Å². The van der Waals surface area contributed by atoms with Crippen molar-refractivity contribution in [1.29, 1.82) is 0 Å². The SMILES string of the molecule is CCNC(=O)c1sccc1NC.O=Cc1ccc(O)c(Cl)c1. The van der Waals surface area contributed by atoms with Crippen LogP contribution >= 0.6 is 22.9 Å². The quantitative estimate of drug-likeness (QED) is 0.745. The van der Waals surface area contributed by atoms with Gasteiger partial charge in [0, 0.05) is 19.2 Å². The fraction of sp³-hybridized carbons (Fsp3) is 0.200. The summed E-state index contributed by atoms with van der Waals surface area (Å²) in [4.78, 5) is 22.2. The summed E-state index contributed by atoms with van der Waals surface area (Å²) in [6.45, 7) is 2.57. The van der Waals surface area contributed by atoms with Gasteiger partial charge in [-0.2, -0.15) is 0 Å². The molecule has 0 bridgehead atoms. The Morgan fingerprint density at radius 3 is 2.68 bits per heavy atom. The summed E-state index contributed by atoms with van der Waals surface area (Å²) in [6, 6.07) is 6.18. The van der Waals surface area contributed by atoms with Crippen LogP contribution in [0.15, 0.2) is 29.6 Å². The second-order valence-electron chi connectivity index (χ2n) is 4.10. The fourth-order valence-corrected chi connectivity index (χ4v) is 2.52. The third kappa shape index (κ3) is 5.05. The molecule has 0 atom stereocenters. The van der Waals surface area contributed by atoms with Crippen molar-refractivity contribution in [2.75, 3.05) is 18.9 Å². The summed E-state index contributed by atoms with van der Waals surface area (Å²) in [5.74, 6) is -0.0101. The lowest BCUT2D eigenvalue weighted by Crippen LogP contribution is -2.22. The van der Waals surface area contributed by atoms with Gasteiger partial charge in [0.1, 0.15) is 16.9 Å². The number of phenolic OH excluding ortho intramolecular Hbond substituents is 1. The molecule has 118 valence electrons. The number of hydrogen-bond acceptors (Lipinski definition) is 5. The Kier molecular flexibility index (Phi) is 7.42. The molecule has 0 spiro atoms. The highest BCUT2D eigenvalue weighted by Crippen LogP contribution is 2.22. The number of anilines is 1. The predicted molar refractivity (Wildman–Crippen MR) is 90.4 cm³/mol. The van der Waals surface area contributed by atoms with Crippen LogP contribution in [0.5, 0.6) is 5.75 Å². The second kappa shape index (κ2) is 9.07. The zero-order valence-electron chi connectivity index (χ0n) is 12.2. The molecule has 2 rings (SSSR count). The lowest BCUT2D eigenvalue weighted by atomic mass is 10.2. The van der Waals surface area contributed by atoms with Crippen molar-refractivity contribution in [2.45, 2.75) is 6.92 Å². The van der Waals surface area contributed by atoms with Crippen LogP contribution in [0.3, 0.4) is 0 Å². The maximum Gasteiger partial charge on any atom is 0.263 e. The van der Waals surface area contributed by atoms with Gasteiger partial charge in [-0.1, -0.05) is 11.6 Å². The van der Waals surface area contributed by atoms with E-state index < -0.39 is 0 Å². The van der Waals surface area contributed by atoms with Crippen molar-refractivity contribution >= 4 is 40.8 Å². The maximum absolute atomic E-state index is 11.3. The van der Waals surface area contributed by atoms with Gasteiger partial charge in [-0.15, -0.1) is 11.3 Å². The molecule has 0 aliphatic heterocycles. The highest BCUT2D eigenvalue weighted by atomic mass is 35.5. The van der Waals surface area contributed by atoms with E-state index in [9.17, 15) is 9.59 Å². The van der Waals surface area contributed by atoms with E-state index in [1.165, 1.54) is 29.5 Å². The smallest absolute Gasteiger partial charge is 0.263 e. The van der Waals surface area contributed by atoms with Crippen molar-refractivity contribution in [2.24, 2.45) is 0 Å². The minimum Gasteiger partial charge on any atom is -0.506 e. The number of carbonyl (C=O) groups is 2. The lowest BCUT2D eigenvalue weighted by molar-refractivity contribution is 0.0960. The molecule has 0 aliphatic rings. The van der Waals surface area contributed by atoms with E-state index >= 15 is 0 Å². The standard InChI is InChI=1S/C8H12N2OS.C7H5ClO2/c1-3-10-8(11)7-6(9-2)4-5-12-7;8-6-3-5(4-9)1-2-7(6)10/h4-5,9H,3H2,1-2H3,(H,10,11);1-4,10H. The Labute approximate surface area is 137 Å². The highest BCUT2D eigenvalue weighted by molar-refractivity contribution is 7.12. The first-order chi connectivity index (χ1) is 10.5. The molecule has 0 radical (unpaired) electrons. The summed E-state index contributed by atoms with van der Waals surface area (Å²) in [5, 5.41) is 16.7. The number of phenols is 1. The van der Waals surface area contributed by atoms with E-state index in [1.54, 1.807) is 0 Å². The molecule has 2 aromatic rings. The minimum absolute atomic E-state index is 0.00292. The number of rotatable bonds is 4. The van der Waals surface area contributed by atoms with Gasteiger partial charge in [0.25, 0.3) is 5.91 Å². The van der Waals surface area contributed by atoms with Crippen LogP contribution in [-0.2, 0) is 0 Å². The Morgan fingerprint density at radius 1 is 1.41 bits per heavy atom. The first-order valence-electron chi connectivity index (χ1n) is 6.50. The minimum atomic E-state index is -0.00716. The summed E-state index contributed by atoms with van der Waals surface area (Å²) < 4.78 is 0. The lowest BCUT2D eigenvalue weighted by Gasteiger charge is -2.02. The molecule has 1 amide bonds. The molecule has 0 fully saturated rings. The molecule has 1 heterocycles. The van der Waals surface area contributed by atoms with Gasteiger partial charge in [0.2, 0.25) is 0 Å². The Morgan fingerprint density at radius 2 is 2.14 bits per heavy atom. The average Bonchev–Trinajstić information content (AvgIpc) is 2.99.